The highest BCUT2D eigenvalue weighted by molar-refractivity contribution is 6.31. The molecule has 0 unspecified atom stereocenters. The summed E-state index contributed by atoms with van der Waals surface area (Å²) < 4.78 is 5.58. The third-order valence-corrected chi connectivity index (χ3v) is 4.72. The molecule has 0 bridgehead atoms. The quantitative estimate of drug-likeness (QED) is 0.640. The molecule has 4 nitrogen and oxygen atoms in total. The highest BCUT2D eigenvalue weighted by Gasteiger charge is 2.36. The molecule has 23 heavy (non-hydrogen) atoms. The first-order valence-corrected chi connectivity index (χ1v) is 8.72. The summed E-state index contributed by atoms with van der Waals surface area (Å²) in [5.74, 6) is 1.42. The molecule has 1 aliphatic heterocycles. The van der Waals surface area contributed by atoms with Gasteiger partial charge in [0.2, 0.25) is 0 Å². The molecule has 2 rings (SSSR count). The molecule has 0 aliphatic carbocycles. The Morgan fingerprint density at radius 1 is 1.26 bits per heavy atom. The van der Waals surface area contributed by atoms with Crippen molar-refractivity contribution in [3.8, 4) is 0 Å². The Hall–Kier alpha value is -1.26. The SMILES string of the molecule is CN=C(NCC(C)C)NCC1(c2ccccc2Cl)CCOCC1. The average Bonchev–Trinajstić information content (AvgIpc) is 2.56. The summed E-state index contributed by atoms with van der Waals surface area (Å²) in [4.78, 5) is 4.32. The van der Waals surface area contributed by atoms with Crippen molar-refractivity contribution in [1.29, 1.82) is 0 Å². The second-order valence-corrected chi connectivity index (χ2v) is 6.98. The van der Waals surface area contributed by atoms with Gasteiger partial charge in [0.05, 0.1) is 0 Å². The molecule has 0 amide bonds. The van der Waals surface area contributed by atoms with Crippen molar-refractivity contribution >= 4 is 17.6 Å². The lowest BCUT2D eigenvalue weighted by Crippen LogP contribution is -2.48. The van der Waals surface area contributed by atoms with Crippen molar-refractivity contribution in [3.63, 3.8) is 0 Å². The number of rotatable bonds is 5. The van der Waals surface area contributed by atoms with Crippen molar-refractivity contribution in [1.82, 2.24) is 10.6 Å². The largest absolute Gasteiger partial charge is 0.381 e. The summed E-state index contributed by atoms with van der Waals surface area (Å²) in [6.07, 6.45) is 1.93. The van der Waals surface area contributed by atoms with Gasteiger partial charge in [-0.1, -0.05) is 43.6 Å². The van der Waals surface area contributed by atoms with E-state index in [0.717, 1.165) is 50.1 Å². The number of halogens is 1. The molecule has 128 valence electrons. The minimum Gasteiger partial charge on any atom is -0.381 e. The van der Waals surface area contributed by atoms with Crippen LogP contribution in [0.4, 0.5) is 0 Å². The molecule has 1 fully saturated rings. The lowest BCUT2D eigenvalue weighted by Gasteiger charge is -2.38. The molecule has 1 aromatic rings. The molecular formula is C18H28ClN3O. The van der Waals surface area contributed by atoms with Crippen LogP contribution in [0.25, 0.3) is 0 Å². The summed E-state index contributed by atoms with van der Waals surface area (Å²) in [6.45, 7) is 7.61. The van der Waals surface area contributed by atoms with E-state index in [1.807, 2.05) is 19.2 Å². The third kappa shape index (κ3) is 4.85. The third-order valence-electron chi connectivity index (χ3n) is 4.39. The fraction of sp³-hybridized carbons (Fsp3) is 0.611. The Morgan fingerprint density at radius 2 is 1.96 bits per heavy atom. The fourth-order valence-electron chi connectivity index (χ4n) is 2.97. The lowest BCUT2D eigenvalue weighted by atomic mass is 9.74. The zero-order chi connectivity index (χ0) is 16.7. The number of ether oxygens (including phenoxy) is 1. The molecule has 0 aromatic heterocycles. The van der Waals surface area contributed by atoms with Crippen LogP contribution in [0, 0.1) is 5.92 Å². The standard InChI is InChI=1S/C18H28ClN3O/c1-14(2)12-21-17(20-3)22-13-18(8-10-23-11-9-18)15-6-4-5-7-16(15)19/h4-7,14H,8-13H2,1-3H3,(H2,20,21,22). The van der Waals surface area contributed by atoms with Crippen LogP contribution >= 0.6 is 11.6 Å². The van der Waals surface area contributed by atoms with Gasteiger partial charge in [0.1, 0.15) is 0 Å². The summed E-state index contributed by atoms with van der Waals surface area (Å²) >= 11 is 6.48. The Morgan fingerprint density at radius 3 is 2.57 bits per heavy atom. The van der Waals surface area contributed by atoms with E-state index in [9.17, 15) is 0 Å². The molecule has 2 N–H and O–H groups in total. The second kappa shape index (κ2) is 8.55. The Bertz CT molecular complexity index is 525. The van der Waals surface area contributed by atoms with E-state index in [4.69, 9.17) is 16.3 Å². The van der Waals surface area contributed by atoms with Gasteiger partial charge in [0.25, 0.3) is 0 Å². The van der Waals surface area contributed by atoms with Crippen LogP contribution in [0.2, 0.25) is 5.02 Å². The van der Waals surface area contributed by atoms with E-state index < -0.39 is 0 Å². The smallest absolute Gasteiger partial charge is 0.191 e. The van der Waals surface area contributed by atoms with E-state index in [2.05, 4.69) is 41.6 Å². The summed E-state index contributed by atoms with van der Waals surface area (Å²) in [5, 5.41) is 7.69. The molecule has 0 atom stereocenters. The average molecular weight is 338 g/mol. The highest BCUT2D eigenvalue weighted by atomic mass is 35.5. The number of nitrogens with one attached hydrogen (secondary N) is 2. The van der Waals surface area contributed by atoms with E-state index in [1.54, 1.807) is 0 Å². The maximum Gasteiger partial charge on any atom is 0.191 e. The Balaban J connectivity index is 2.12. The zero-order valence-electron chi connectivity index (χ0n) is 14.4. The maximum atomic E-state index is 6.48. The van der Waals surface area contributed by atoms with Crippen molar-refractivity contribution in [2.45, 2.75) is 32.1 Å². The number of benzene rings is 1. The number of hydrogen-bond acceptors (Lipinski definition) is 2. The van der Waals surface area contributed by atoms with Gasteiger partial charge in [0, 0.05) is 43.8 Å². The summed E-state index contributed by atoms with van der Waals surface area (Å²) in [5.41, 5.74) is 1.20. The molecule has 0 saturated carbocycles. The summed E-state index contributed by atoms with van der Waals surface area (Å²) in [6, 6.07) is 8.15. The molecule has 1 heterocycles. The van der Waals surface area contributed by atoms with Crippen LogP contribution < -0.4 is 10.6 Å². The van der Waals surface area contributed by atoms with Gasteiger partial charge in [-0.25, -0.2) is 0 Å². The lowest BCUT2D eigenvalue weighted by molar-refractivity contribution is 0.0514. The monoisotopic (exact) mass is 337 g/mol. The summed E-state index contributed by atoms with van der Waals surface area (Å²) in [7, 11) is 1.81. The molecule has 1 saturated heterocycles. The van der Waals surface area contributed by atoms with Gasteiger partial charge in [-0.05, 0) is 30.4 Å². The minimum absolute atomic E-state index is 0.00789. The predicted octanol–water partition coefficient (Wildman–Crippen LogP) is 3.21. The van der Waals surface area contributed by atoms with Gasteiger partial charge >= 0.3 is 0 Å². The van der Waals surface area contributed by atoms with E-state index in [-0.39, 0.29) is 5.41 Å². The fourth-order valence-corrected chi connectivity index (χ4v) is 3.31. The molecule has 1 aliphatic rings. The number of guanidine groups is 1. The molecule has 0 radical (unpaired) electrons. The molecule has 1 aromatic carbocycles. The number of aliphatic imine (C=N–C) groups is 1. The maximum absolute atomic E-state index is 6.48. The molecule has 5 heteroatoms. The van der Waals surface area contributed by atoms with E-state index in [1.165, 1.54) is 5.56 Å². The number of hydrogen-bond donors (Lipinski definition) is 2. The van der Waals surface area contributed by atoms with E-state index >= 15 is 0 Å². The molecular weight excluding hydrogens is 310 g/mol. The van der Waals surface area contributed by atoms with Gasteiger partial charge < -0.3 is 15.4 Å². The normalized spacial score (nSPS) is 18.0. The Labute approximate surface area is 144 Å². The first kappa shape index (κ1) is 18.1. The Kier molecular flexibility index (Phi) is 6.72. The van der Waals surface area contributed by atoms with Crippen molar-refractivity contribution < 1.29 is 4.74 Å². The van der Waals surface area contributed by atoms with E-state index in [0.29, 0.717) is 5.92 Å². The zero-order valence-corrected chi connectivity index (χ0v) is 15.1. The van der Waals surface area contributed by atoms with Gasteiger partial charge in [-0.2, -0.15) is 0 Å². The van der Waals surface area contributed by atoms with Crippen molar-refractivity contribution in [2.75, 3.05) is 33.4 Å². The van der Waals surface area contributed by atoms with Crippen LogP contribution in [0.1, 0.15) is 32.3 Å². The minimum atomic E-state index is -0.00789. The van der Waals surface area contributed by atoms with Crippen molar-refractivity contribution in [3.05, 3.63) is 34.9 Å². The first-order valence-electron chi connectivity index (χ1n) is 8.35. The number of nitrogens with zero attached hydrogens (tertiary/aromatic N) is 1. The van der Waals surface area contributed by atoms with Gasteiger partial charge in [-0.3, -0.25) is 4.99 Å². The van der Waals surface area contributed by atoms with Crippen LogP contribution in [0.3, 0.4) is 0 Å². The van der Waals surface area contributed by atoms with Gasteiger partial charge in [0.15, 0.2) is 5.96 Å². The predicted molar refractivity (Wildman–Crippen MR) is 97.4 cm³/mol. The topological polar surface area (TPSA) is 45.7 Å². The van der Waals surface area contributed by atoms with Gasteiger partial charge in [-0.15, -0.1) is 0 Å². The van der Waals surface area contributed by atoms with Crippen LogP contribution in [0.15, 0.2) is 29.3 Å². The second-order valence-electron chi connectivity index (χ2n) is 6.57. The van der Waals surface area contributed by atoms with Crippen LogP contribution in [-0.2, 0) is 10.2 Å². The highest BCUT2D eigenvalue weighted by Crippen LogP contribution is 2.38. The van der Waals surface area contributed by atoms with Crippen molar-refractivity contribution in [2.24, 2.45) is 10.9 Å². The first-order chi connectivity index (χ1) is 11.1. The molecule has 0 spiro atoms. The van der Waals surface area contributed by atoms with Crippen LogP contribution in [0.5, 0.6) is 0 Å². The van der Waals surface area contributed by atoms with Crippen LogP contribution in [-0.4, -0.2) is 39.3 Å².